The van der Waals surface area contributed by atoms with Crippen molar-refractivity contribution < 1.29 is 9.47 Å². The van der Waals surface area contributed by atoms with Gasteiger partial charge in [-0.3, -0.25) is 0 Å². The summed E-state index contributed by atoms with van der Waals surface area (Å²) < 4.78 is 11.9. The molecule has 104 valence electrons. The highest BCUT2D eigenvalue weighted by atomic mass is 79.9. The Kier molecular flexibility index (Phi) is 3.99. The van der Waals surface area contributed by atoms with Crippen LogP contribution in [-0.4, -0.2) is 12.8 Å². The van der Waals surface area contributed by atoms with Gasteiger partial charge in [-0.05, 0) is 36.5 Å². The van der Waals surface area contributed by atoms with Crippen molar-refractivity contribution in [2.75, 3.05) is 6.79 Å². The molecule has 3 nitrogen and oxygen atoms in total. The molecule has 0 radical (unpaired) electrons. The van der Waals surface area contributed by atoms with Gasteiger partial charge in [-0.1, -0.05) is 35.7 Å². The molecule has 2 unspecified atom stereocenters. The predicted octanol–water partition coefficient (Wildman–Crippen LogP) is 3.85. The van der Waals surface area contributed by atoms with E-state index in [4.69, 9.17) is 9.47 Å². The second kappa shape index (κ2) is 5.71. The first-order valence-corrected chi connectivity index (χ1v) is 7.85. The van der Waals surface area contributed by atoms with Crippen molar-refractivity contribution in [3.63, 3.8) is 0 Å². The predicted molar refractivity (Wildman–Crippen MR) is 78.5 cm³/mol. The normalized spacial score (nSPS) is 25.6. The average molecular weight is 326 g/mol. The highest BCUT2D eigenvalue weighted by Crippen LogP contribution is 2.37. The molecule has 1 fully saturated rings. The molecule has 1 aliphatic carbocycles. The molecule has 19 heavy (non-hydrogen) atoms. The molecule has 4 heteroatoms. The lowest BCUT2D eigenvalue weighted by atomic mass is 9.86. The molecule has 3 rings (SSSR count). The van der Waals surface area contributed by atoms with Gasteiger partial charge in [-0.15, -0.1) is 0 Å². The quantitative estimate of drug-likeness (QED) is 0.915. The molecule has 2 aliphatic rings. The average Bonchev–Trinajstić information content (AvgIpc) is 2.84. The van der Waals surface area contributed by atoms with E-state index in [1.165, 1.54) is 31.2 Å². The zero-order valence-electron chi connectivity index (χ0n) is 11.2. The molecule has 0 spiro atoms. The summed E-state index contributed by atoms with van der Waals surface area (Å²) in [5.74, 6) is 2.47. The molecule has 1 saturated carbocycles. The fraction of sp³-hybridized carbons (Fsp3) is 0.600. The molecular formula is C15H20BrNO2. The van der Waals surface area contributed by atoms with Gasteiger partial charge in [0.15, 0.2) is 11.5 Å². The van der Waals surface area contributed by atoms with Gasteiger partial charge < -0.3 is 14.8 Å². The van der Waals surface area contributed by atoms with Crippen LogP contribution in [0, 0.1) is 5.92 Å². The molecular weight excluding hydrogens is 306 g/mol. The maximum absolute atomic E-state index is 5.44. The van der Waals surface area contributed by atoms with Gasteiger partial charge in [0.25, 0.3) is 0 Å². The first-order chi connectivity index (χ1) is 9.24. The summed E-state index contributed by atoms with van der Waals surface area (Å²) in [6, 6.07) is 4.72. The van der Waals surface area contributed by atoms with E-state index in [0.717, 1.165) is 28.4 Å². The van der Waals surface area contributed by atoms with Crippen molar-refractivity contribution in [1.82, 2.24) is 5.32 Å². The van der Waals surface area contributed by atoms with Crippen LogP contribution in [0.25, 0.3) is 0 Å². The number of ether oxygens (including phenoxy) is 2. The smallest absolute Gasteiger partial charge is 0.231 e. The molecule has 1 aromatic carbocycles. The molecule has 0 amide bonds. The third-order valence-corrected chi connectivity index (χ3v) is 4.95. The van der Waals surface area contributed by atoms with Crippen LogP contribution in [0.1, 0.15) is 38.2 Å². The topological polar surface area (TPSA) is 30.5 Å². The van der Waals surface area contributed by atoms with Gasteiger partial charge in [0.2, 0.25) is 6.79 Å². The summed E-state index contributed by atoms with van der Waals surface area (Å²) in [5.41, 5.74) is 1.24. The summed E-state index contributed by atoms with van der Waals surface area (Å²) in [7, 11) is 0. The second-order valence-corrected chi connectivity index (χ2v) is 6.40. The highest BCUT2D eigenvalue weighted by molar-refractivity contribution is 9.10. The number of rotatable bonds is 3. The number of fused-ring (bicyclic) bond motifs is 1. The fourth-order valence-corrected chi connectivity index (χ4v) is 3.42. The van der Waals surface area contributed by atoms with E-state index >= 15 is 0 Å². The Morgan fingerprint density at radius 2 is 1.95 bits per heavy atom. The van der Waals surface area contributed by atoms with Gasteiger partial charge in [-0.2, -0.15) is 0 Å². The van der Waals surface area contributed by atoms with Gasteiger partial charge in [0.05, 0.1) is 0 Å². The summed E-state index contributed by atoms with van der Waals surface area (Å²) >= 11 is 3.61. The maximum atomic E-state index is 5.44. The minimum Gasteiger partial charge on any atom is -0.454 e. The van der Waals surface area contributed by atoms with E-state index < -0.39 is 0 Å². The van der Waals surface area contributed by atoms with Crippen LogP contribution in [0.3, 0.4) is 0 Å². The van der Waals surface area contributed by atoms with Crippen molar-refractivity contribution >= 4 is 15.9 Å². The van der Waals surface area contributed by atoms with Crippen LogP contribution in [0.2, 0.25) is 0 Å². The summed E-state index contributed by atoms with van der Waals surface area (Å²) in [5, 5.41) is 3.69. The zero-order valence-corrected chi connectivity index (χ0v) is 12.8. The second-order valence-electron chi connectivity index (χ2n) is 5.55. The molecule has 1 aromatic rings. The standard InChI is InChI=1S/C15H20BrNO2/c1-10-4-2-3-5-13(10)17-8-11-6-14-15(7-12(11)16)19-9-18-14/h6-7,10,13,17H,2-5,8-9H2,1H3. The Hall–Kier alpha value is -0.740. The SMILES string of the molecule is CC1CCCCC1NCc1cc2c(cc1Br)OCO2. The van der Waals surface area contributed by atoms with Crippen LogP contribution in [0.15, 0.2) is 16.6 Å². The zero-order chi connectivity index (χ0) is 13.2. The van der Waals surface area contributed by atoms with Crippen molar-refractivity contribution in [2.24, 2.45) is 5.92 Å². The van der Waals surface area contributed by atoms with Crippen LogP contribution in [0.4, 0.5) is 0 Å². The summed E-state index contributed by atoms with van der Waals surface area (Å²) in [6.45, 7) is 3.57. The van der Waals surface area contributed by atoms with E-state index in [1.54, 1.807) is 0 Å². The number of halogens is 1. The van der Waals surface area contributed by atoms with Crippen LogP contribution in [0.5, 0.6) is 11.5 Å². The van der Waals surface area contributed by atoms with E-state index in [-0.39, 0.29) is 0 Å². The van der Waals surface area contributed by atoms with Gasteiger partial charge in [0.1, 0.15) is 0 Å². The van der Waals surface area contributed by atoms with Crippen LogP contribution in [-0.2, 0) is 6.54 Å². The number of benzene rings is 1. The maximum Gasteiger partial charge on any atom is 0.231 e. The molecule has 1 heterocycles. The Morgan fingerprint density at radius 3 is 2.74 bits per heavy atom. The summed E-state index contributed by atoms with van der Waals surface area (Å²) in [6.07, 6.45) is 5.38. The molecule has 0 aromatic heterocycles. The van der Waals surface area contributed by atoms with Crippen molar-refractivity contribution in [1.29, 1.82) is 0 Å². The lowest BCUT2D eigenvalue weighted by molar-refractivity contribution is 0.174. The number of hydrogen-bond acceptors (Lipinski definition) is 3. The van der Waals surface area contributed by atoms with Crippen molar-refractivity contribution in [2.45, 2.75) is 45.2 Å². The molecule has 0 saturated heterocycles. The highest BCUT2D eigenvalue weighted by Gasteiger charge is 2.21. The van der Waals surface area contributed by atoms with Gasteiger partial charge >= 0.3 is 0 Å². The first-order valence-electron chi connectivity index (χ1n) is 7.05. The Morgan fingerprint density at radius 1 is 1.21 bits per heavy atom. The Bertz CT molecular complexity index is 464. The third-order valence-electron chi connectivity index (χ3n) is 4.21. The van der Waals surface area contributed by atoms with E-state index in [0.29, 0.717) is 12.8 Å². The minimum absolute atomic E-state index is 0.332. The third kappa shape index (κ3) is 2.90. The monoisotopic (exact) mass is 325 g/mol. The first kappa shape index (κ1) is 13.3. The van der Waals surface area contributed by atoms with Gasteiger partial charge in [-0.25, -0.2) is 0 Å². The van der Waals surface area contributed by atoms with Crippen LogP contribution >= 0.6 is 15.9 Å². The number of nitrogens with one attached hydrogen (secondary N) is 1. The number of hydrogen-bond donors (Lipinski definition) is 1. The van der Waals surface area contributed by atoms with E-state index in [2.05, 4.69) is 34.2 Å². The lowest BCUT2D eigenvalue weighted by Gasteiger charge is -2.29. The van der Waals surface area contributed by atoms with E-state index in [1.807, 2.05) is 6.07 Å². The largest absolute Gasteiger partial charge is 0.454 e. The molecule has 0 bridgehead atoms. The molecule has 1 aliphatic heterocycles. The minimum atomic E-state index is 0.332. The van der Waals surface area contributed by atoms with Gasteiger partial charge in [0, 0.05) is 17.1 Å². The fourth-order valence-electron chi connectivity index (χ4n) is 2.96. The lowest BCUT2D eigenvalue weighted by Crippen LogP contribution is -2.36. The Balaban J connectivity index is 1.66. The Labute approximate surface area is 122 Å². The molecule has 2 atom stereocenters. The summed E-state index contributed by atoms with van der Waals surface area (Å²) in [4.78, 5) is 0. The van der Waals surface area contributed by atoms with Crippen molar-refractivity contribution in [3.05, 3.63) is 22.2 Å². The van der Waals surface area contributed by atoms with Crippen molar-refractivity contribution in [3.8, 4) is 11.5 Å². The van der Waals surface area contributed by atoms with E-state index in [9.17, 15) is 0 Å². The molecule has 1 N–H and O–H groups in total. The van der Waals surface area contributed by atoms with Crippen LogP contribution < -0.4 is 14.8 Å².